The van der Waals surface area contributed by atoms with Crippen LogP contribution in [0.15, 0.2) is 42.5 Å². The number of rotatable bonds is 5. The zero-order chi connectivity index (χ0) is 14.5. The number of nitrogens with zero attached hydrogens (tertiary/aromatic N) is 1. The standard InChI is InChI=1S/C15H14FNO2S/c1-11-4-2-3-5-13(11)10-20-9-12-6-7-15(17(18)19)14(16)8-12/h2-8H,9-10H2,1H3. The Labute approximate surface area is 121 Å². The molecule has 20 heavy (non-hydrogen) atoms. The average molecular weight is 291 g/mol. The van der Waals surface area contributed by atoms with Crippen molar-refractivity contribution in [3.05, 3.63) is 75.1 Å². The Hall–Kier alpha value is -1.88. The van der Waals surface area contributed by atoms with Gasteiger partial charge in [0.05, 0.1) is 4.92 Å². The first-order valence-corrected chi connectivity index (χ1v) is 7.28. The second-order valence-electron chi connectivity index (χ2n) is 4.46. The monoisotopic (exact) mass is 291 g/mol. The SMILES string of the molecule is Cc1ccccc1CSCc1ccc([N+](=O)[O-])c(F)c1. The summed E-state index contributed by atoms with van der Waals surface area (Å²) in [5, 5.41) is 10.5. The van der Waals surface area contributed by atoms with Gasteiger partial charge in [-0.3, -0.25) is 10.1 Å². The summed E-state index contributed by atoms with van der Waals surface area (Å²) in [5.41, 5.74) is 2.76. The fourth-order valence-corrected chi connectivity index (χ4v) is 2.90. The van der Waals surface area contributed by atoms with Crippen molar-refractivity contribution in [2.45, 2.75) is 18.4 Å². The van der Waals surface area contributed by atoms with E-state index >= 15 is 0 Å². The summed E-state index contributed by atoms with van der Waals surface area (Å²) >= 11 is 1.66. The van der Waals surface area contributed by atoms with Crippen molar-refractivity contribution in [3.63, 3.8) is 0 Å². The number of aryl methyl sites for hydroxylation is 1. The lowest BCUT2D eigenvalue weighted by Gasteiger charge is -2.05. The van der Waals surface area contributed by atoms with E-state index in [4.69, 9.17) is 0 Å². The molecule has 0 saturated heterocycles. The van der Waals surface area contributed by atoms with Crippen molar-refractivity contribution in [2.24, 2.45) is 0 Å². The number of hydrogen-bond donors (Lipinski definition) is 0. The topological polar surface area (TPSA) is 43.1 Å². The molecule has 5 heteroatoms. The van der Waals surface area contributed by atoms with Crippen LogP contribution >= 0.6 is 11.8 Å². The third kappa shape index (κ3) is 3.57. The molecular formula is C15H14FNO2S. The van der Waals surface area contributed by atoms with E-state index in [1.165, 1.54) is 23.3 Å². The highest BCUT2D eigenvalue weighted by atomic mass is 32.2. The van der Waals surface area contributed by atoms with Crippen molar-refractivity contribution in [3.8, 4) is 0 Å². The molecule has 0 heterocycles. The molecule has 0 amide bonds. The van der Waals surface area contributed by atoms with E-state index in [-0.39, 0.29) is 0 Å². The highest BCUT2D eigenvalue weighted by molar-refractivity contribution is 7.97. The number of hydrogen-bond acceptors (Lipinski definition) is 3. The summed E-state index contributed by atoms with van der Waals surface area (Å²) in [7, 11) is 0. The van der Waals surface area contributed by atoms with Gasteiger partial charge in [0.15, 0.2) is 0 Å². The molecule has 0 aliphatic heterocycles. The van der Waals surface area contributed by atoms with Gasteiger partial charge in [-0.1, -0.05) is 30.3 Å². The molecule has 104 valence electrons. The zero-order valence-corrected chi connectivity index (χ0v) is 11.8. The first-order chi connectivity index (χ1) is 9.58. The largest absolute Gasteiger partial charge is 0.304 e. The molecule has 0 aliphatic carbocycles. The predicted molar refractivity (Wildman–Crippen MR) is 79.2 cm³/mol. The van der Waals surface area contributed by atoms with E-state index in [0.717, 1.165) is 11.3 Å². The van der Waals surface area contributed by atoms with Gasteiger partial charge in [0.25, 0.3) is 0 Å². The van der Waals surface area contributed by atoms with Crippen LogP contribution in [0.4, 0.5) is 10.1 Å². The van der Waals surface area contributed by atoms with Gasteiger partial charge in [-0.05, 0) is 29.7 Å². The maximum absolute atomic E-state index is 13.5. The van der Waals surface area contributed by atoms with Crippen LogP contribution in [-0.2, 0) is 11.5 Å². The van der Waals surface area contributed by atoms with E-state index in [1.807, 2.05) is 12.1 Å². The van der Waals surface area contributed by atoms with Crippen LogP contribution in [-0.4, -0.2) is 4.92 Å². The maximum Gasteiger partial charge on any atom is 0.304 e. The Balaban J connectivity index is 1.97. The molecule has 3 nitrogen and oxygen atoms in total. The van der Waals surface area contributed by atoms with Gasteiger partial charge in [-0.25, -0.2) is 0 Å². The maximum atomic E-state index is 13.5. The Morgan fingerprint density at radius 2 is 1.95 bits per heavy atom. The van der Waals surface area contributed by atoms with Gasteiger partial charge < -0.3 is 0 Å². The third-order valence-electron chi connectivity index (χ3n) is 3.00. The zero-order valence-electron chi connectivity index (χ0n) is 11.0. The van der Waals surface area contributed by atoms with Gasteiger partial charge in [-0.2, -0.15) is 16.2 Å². The van der Waals surface area contributed by atoms with E-state index in [0.29, 0.717) is 5.75 Å². The van der Waals surface area contributed by atoms with E-state index in [9.17, 15) is 14.5 Å². The molecule has 0 bridgehead atoms. The predicted octanol–water partition coefficient (Wildman–Crippen LogP) is 4.48. The Bertz CT molecular complexity index is 631. The fraction of sp³-hybridized carbons (Fsp3) is 0.200. The summed E-state index contributed by atoms with van der Waals surface area (Å²) in [5.74, 6) is 0.693. The quantitative estimate of drug-likeness (QED) is 0.602. The molecular weight excluding hydrogens is 277 g/mol. The molecule has 0 N–H and O–H groups in total. The Morgan fingerprint density at radius 1 is 1.20 bits per heavy atom. The highest BCUT2D eigenvalue weighted by Crippen LogP contribution is 2.23. The molecule has 0 spiro atoms. The lowest BCUT2D eigenvalue weighted by Crippen LogP contribution is -1.94. The van der Waals surface area contributed by atoms with Crippen molar-refractivity contribution < 1.29 is 9.31 Å². The lowest BCUT2D eigenvalue weighted by molar-refractivity contribution is -0.387. The molecule has 2 rings (SSSR count). The molecule has 0 aliphatic rings. The van der Waals surface area contributed by atoms with Crippen LogP contribution in [0, 0.1) is 22.9 Å². The summed E-state index contributed by atoms with van der Waals surface area (Å²) in [6.07, 6.45) is 0. The normalized spacial score (nSPS) is 10.5. The molecule has 0 atom stereocenters. The van der Waals surface area contributed by atoms with Gasteiger partial charge in [-0.15, -0.1) is 0 Å². The minimum Gasteiger partial charge on any atom is -0.258 e. The first-order valence-electron chi connectivity index (χ1n) is 6.13. The molecule has 0 fully saturated rings. The second kappa shape index (κ2) is 6.52. The summed E-state index contributed by atoms with van der Waals surface area (Å²) in [6.45, 7) is 2.06. The molecule has 0 aromatic heterocycles. The van der Waals surface area contributed by atoms with Crippen LogP contribution in [0.1, 0.15) is 16.7 Å². The van der Waals surface area contributed by atoms with Crippen LogP contribution in [0.25, 0.3) is 0 Å². The lowest BCUT2D eigenvalue weighted by atomic mass is 10.1. The van der Waals surface area contributed by atoms with Crippen molar-refractivity contribution >= 4 is 17.4 Å². The number of nitro benzene ring substituents is 1. The summed E-state index contributed by atoms with van der Waals surface area (Å²) in [6, 6.07) is 12.2. The third-order valence-corrected chi connectivity index (χ3v) is 4.05. The molecule has 2 aromatic carbocycles. The van der Waals surface area contributed by atoms with Crippen molar-refractivity contribution in [1.29, 1.82) is 0 Å². The molecule has 2 aromatic rings. The molecule has 0 radical (unpaired) electrons. The van der Waals surface area contributed by atoms with Crippen molar-refractivity contribution in [1.82, 2.24) is 0 Å². The van der Waals surface area contributed by atoms with Gasteiger partial charge in [0, 0.05) is 17.6 Å². The minimum absolute atomic E-state index is 0.474. The number of halogens is 1. The van der Waals surface area contributed by atoms with Crippen LogP contribution in [0.5, 0.6) is 0 Å². The van der Waals surface area contributed by atoms with Crippen molar-refractivity contribution in [2.75, 3.05) is 0 Å². The molecule has 0 unspecified atom stereocenters. The first kappa shape index (κ1) is 14.5. The van der Waals surface area contributed by atoms with E-state index in [2.05, 4.69) is 19.1 Å². The van der Waals surface area contributed by atoms with Gasteiger partial charge in [0.2, 0.25) is 5.82 Å². The van der Waals surface area contributed by atoms with Crippen LogP contribution < -0.4 is 0 Å². The minimum atomic E-state index is -0.774. The second-order valence-corrected chi connectivity index (χ2v) is 5.45. The summed E-state index contributed by atoms with van der Waals surface area (Å²) < 4.78 is 13.5. The number of nitro groups is 1. The Morgan fingerprint density at radius 3 is 2.60 bits per heavy atom. The highest BCUT2D eigenvalue weighted by Gasteiger charge is 2.13. The van der Waals surface area contributed by atoms with E-state index < -0.39 is 16.4 Å². The van der Waals surface area contributed by atoms with Crippen LogP contribution in [0.3, 0.4) is 0 Å². The molecule has 0 saturated carbocycles. The number of benzene rings is 2. The average Bonchev–Trinajstić information content (AvgIpc) is 2.40. The fourth-order valence-electron chi connectivity index (χ4n) is 1.84. The number of thioether (sulfide) groups is 1. The summed E-state index contributed by atoms with van der Waals surface area (Å²) in [4.78, 5) is 9.82. The van der Waals surface area contributed by atoms with E-state index in [1.54, 1.807) is 17.8 Å². The smallest absolute Gasteiger partial charge is 0.258 e. The van der Waals surface area contributed by atoms with Gasteiger partial charge >= 0.3 is 5.69 Å². The Kier molecular flexibility index (Phi) is 4.74. The van der Waals surface area contributed by atoms with Gasteiger partial charge in [0.1, 0.15) is 0 Å². The van der Waals surface area contributed by atoms with Crippen LogP contribution in [0.2, 0.25) is 0 Å².